The van der Waals surface area contributed by atoms with Crippen molar-refractivity contribution in [1.29, 1.82) is 0 Å². The lowest BCUT2D eigenvalue weighted by Crippen LogP contribution is -2.56. The monoisotopic (exact) mass is 454 g/mol. The van der Waals surface area contributed by atoms with E-state index in [1.165, 1.54) is 14.4 Å². The number of halogens is 3. The molecule has 0 saturated carbocycles. The van der Waals surface area contributed by atoms with Gasteiger partial charge in [-0.3, -0.25) is 9.80 Å². The molecule has 2 atom stereocenters. The highest BCUT2D eigenvalue weighted by Crippen LogP contribution is 2.23. The number of imide groups is 1. The number of alkyl halides is 3. The smallest absolute Gasteiger partial charge is 0.359 e. The summed E-state index contributed by atoms with van der Waals surface area (Å²) in [7, 11) is 0. The molecule has 9 nitrogen and oxygen atoms in total. The van der Waals surface area contributed by atoms with E-state index in [9.17, 15) is 27.6 Å². The SMILES string of the molecule is C[C@@H]1CN(CC(F)(F)F)CCN1C(=O)ON1C(=O)C2CN(c3ccccc3)CC=[N+]2C1=O. The van der Waals surface area contributed by atoms with Crippen molar-refractivity contribution in [2.75, 3.05) is 44.2 Å². The zero-order valence-corrected chi connectivity index (χ0v) is 17.4. The quantitative estimate of drug-likeness (QED) is 0.510. The molecule has 32 heavy (non-hydrogen) atoms. The minimum Gasteiger partial charge on any atom is -0.359 e. The van der Waals surface area contributed by atoms with Crippen molar-refractivity contribution in [3.8, 4) is 0 Å². The van der Waals surface area contributed by atoms with E-state index in [-0.39, 0.29) is 26.2 Å². The molecular formula is C20H23F3N5O4+. The lowest BCUT2D eigenvalue weighted by atomic mass is 10.2. The number of carbonyl (C=O) groups is 3. The number of hydrogen-bond acceptors (Lipinski definition) is 6. The van der Waals surface area contributed by atoms with Gasteiger partial charge in [-0.15, -0.1) is 0 Å². The van der Waals surface area contributed by atoms with E-state index >= 15 is 0 Å². The Bertz CT molecular complexity index is 939. The van der Waals surface area contributed by atoms with Gasteiger partial charge in [0, 0.05) is 31.4 Å². The number of amides is 4. The van der Waals surface area contributed by atoms with Gasteiger partial charge < -0.3 is 4.90 Å². The first-order valence-electron chi connectivity index (χ1n) is 10.2. The normalized spacial score (nSPS) is 24.5. The summed E-state index contributed by atoms with van der Waals surface area (Å²) in [5.41, 5.74) is 0.893. The number of benzene rings is 1. The number of hydrogen-bond donors (Lipinski definition) is 0. The summed E-state index contributed by atoms with van der Waals surface area (Å²) in [6.07, 6.45) is -3.69. The summed E-state index contributed by atoms with van der Waals surface area (Å²) in [5.74, 6) is -0.663. The molecule has 4 rings (SSSR count). The molecule has 0 N–H and O–H groups in total. The summed E-state index contributed by atoms with van der Waals surface area (Å²) < 4.78 is 39.1. The van der Waals surface area contributed by atoms with Crippen LogP contribution in [0, 0.1) is 0 Å². The second-order valence-electron chi connectivity index (χ2n) is 8.01. The van der Waals surface area contributed by atoms with E-state index in [0.29, 0.717) is 11.6 Å². The zero-order chi connectivity index (χ0) is 23.0. The third-order valence-corrected chi connectivity index (χ3v) is 5.75. The lowest BCUT2D eigenvalue weighted by molar-refractivity contribution is -0.446. The number of urea groups is 1. The molecule has 3 aliphatic rings. The van der Waals surface area contributed by atoms with Crippen molar-refractivity contribution >= 4 is 29.9 Å². The van der Waals surface area contributed by atoms with Gasteiger partial charge in [0.15, 0.2) is 0 Å². The number of piperazine rings is 1. The second kappa shape index (κ2) is 8.41. The van der Waals surface area contributed by atoms with Crippen LogP contribution >= 0.6 is 0 Å². The molecule has 1 aromatic carbocycles. The van der Waals surface area contributed by atoms with Crippen LogP contribution in [0.5, 0.6) is 0 Å². The standard InChI is InChI=1S/C20H23F3N5O4/c1-14-11-24(13-20(21,22)23)7-9-26(14)19(31)32-28-17(29)16-12-25(8-10-27(16)18(28)30)15-5-3-2-4-6-15/h2-6,10,14,16H,7-9,11-13H2,1H3/q+1/t14-,16?/m1/s1. The fraction of sp³-hybridized carbons (Fsp3) is 0.500. The van der Waals surface area contributed by atoms with Crippen LogP contribution in [-0.4, -0.2) is 101 Å². The first-order valence-corrected chi connectivity index (χ1v) is 10.2. The molecule has 1 aromatic rings. The minimum atomic E-state index is -4.33. The van der Waals surface area contributed by atoms with Crippen LogP contribution in [0.2, 0.25) is 0 Å². The third-order valence-electron chi connectivity index (χ3n) is 5.75. The molecule has 172 valence electrons. The van der Waals surface area contributed by atoms with Crippen molar-refractivity contribution in [1.82, 2.24) is 14.9 Å². The van der Waals surface area contributed by atoms with E-state index < -0.39 is 42.8 Å². The maximum atomic E-state index is 12.8. The average Bonchev–Trinajstić information content (AvgIpc) is 2.97. The van der Waals surface area contributed by atoms with E-state index in [1.807, 2.05) is 35.2 Å². The molecule has 4 amide bonds. The topological polar surface area (TPSA) is 76.4 Å². The molecule has 0 aliphatic carbocycles. The number of fused-ring (bicyclic) bond motifs is 1. The van der Waals surface area contributed by atoms with Crippen LogP contribution in [0.4, 0.5) is 28.4 Å². The van der Waals surface area contributed by atoms with Crippen LogP contribution in [0.25, 0.3) is 0 Å². The van der Waals surface area contributed by atoms with Crippen LogP contribution in [-0.2, 0) is 9.63 Å². The molecule has 0 spiro atoms. The maximum absolute atomic E-state index is 12.8. The minimum absolute atomic E-state index is 0.00503. The predicted molar refractivity (Wildman–Crippen MR) is 106 cm³/mol. The summed E-state index contributed by atoms with van der Waals surface area (Å²) in [4.78, 5) is 47.6. The van der Waals surface area contributed by atoms with Crippen molar-refractivity contribution in [3.05, 3.63) is 30.3 Å². The lowest BCUT2D eigenvalue weighted by Gasteiger charge is -2.38. The number of hydroxylamine groups is 2. The van der Waals surface area contributed by atoms with Gasteiger partial charge in [-0.2, -0.15) is 22.5 Å². The number of anilines is 1. The summed E-state index contributed by atoms with van der Waals surface area (Å²) in [6, 6.07) is 7.23. The fourth-order valence-corrected chi connectivity index (χ4v) is 4.19. The Kier molecular flexibility index (Phi) is 5.80. The maximum Gasteiger partial charge on any atom is 0.542 e. The Balaban J connectivity index is 1.39. The summed E-state index contributed by atoms with van der Waals surface area (Å²) in [5, 5.41) is 0.451. The first-order chi connectivity index (χ1) is 15.1. The predicted octanol–water partition coefficient (Wildman–Crippen LogP) is 1.54. The highest BCUT2D eigenvalue weighted by atomic mass is 19.4. The van der Waals surface area contributed by atoms with Gasteiger partial charge in [-0.05, 0) is 19.1 Å². The molecule has 2 fully saturated rings. The number of rotatable bonds is 3. The fourth-order valence-electron chi connectivity index (χ4n) is 4.19. The van der Waals surface area contributed by atoms with Crippen LogP contribution in [0.1, 0.15) is 6.92 Å². The van der Waals surface area contributed by atoms with Gasteiger partial charge in [0.25, 0.3) is 0 Å². The molecule has 2 saturated heterocycles. The highest BCUT2D eigenvalue weighted by molar-refractivity contribution is 6.00. The molecule has 1 unspecified atom stereocenters. The number of para-hydroxylation sites is 1. The molecule has 12 heteroatoms. The van der Waals surface area contributed by atoms with Crippen LogP contribution in [0.3, 0.4) is 0 Å². The van der Waals surface area contributed by atoms with E-state index in [0.717, 1.165) is 5.69 Å². The number of carbonyl (C=O) groups excluding carboxylic acids is 3. The molecule has 3 heterocycles. The van der Waals surface area contributed by atoms with E-state index in [4.69, 9.17) is 4.84 Å². The van der Waals surface area contributed by atoms with E-state index in [1.54, 1.807) is 13.1 Å². The summed E-state index contributed by atoms with van der Waals surface area (Å²) in [6.45, 7) is 1.18. The van der Waals surface area contributed by atoms with Gasteiger partial charge in [-0.25, -0.2) is 14.4 Å². The van der Waals surface area contributed by atoms with Gasteiger partial charge >= 0.3 is 24.2 Å². The first kappa shape index (κ1) is 22.1. The Morgan fingerprint density at radius 3 is 2.53 bits per heavy atom. The molecular weight excluding hydrogens is 431 g/mol. The molecule has 3 aliphatic heterocycles. The van der Waals surface area contributed by atoms with Crippen molar-refractivity contribution < 1.29 is 37.0 Å². The van der Waals surface area contributed by atoms with Crippen molar-refractivity contribution in [2.45, 2.75) is 25.2 Å². The van der Waals surface area contributed by atoms with Gasteiger partial charge in [-0.1, -0.05) is 18.2 Å². The Hall–Kier alpha value is -3.15. The average molecular weight is 454 g/mol. The van der Waals surface area contributed by atoms with Gasteiger partial charge in [0.1, 0.15) is 0 Å². The van der Waals surface area contributed by atoms with Crippen LogP contribution in [0.15, 0.2) is 30.3 Å². The van der Waals surface area contributed by atoms with Gasteiger partial charge in [0.05, 0.1) is 30.9 Å². The largest absolute Gasteiger partial charge is 0.542 e. The zero-order valence-electron chi connectivity index (χ0n) is 17.4. The third kappa shape index (κ3) is 4.40. The molecule has 0 radical (unpaired) electrons. The highest BCUT2D eigenvalue weighted by Gasteiger charge is 2.57. The van der Waals surface area contributed by atoms with Crippen molar-refractivity contribution in [3.63, 3.8) is 0 Å². The Morgan fingerprint density at radius 2 is 1.88 bits per heavy atom. The summed E-state index contributed by atoms with van der Waals surface area (Å²) >= 11 is 0. The van der Waals surface area contributed by atoms with Gasteiger partial charge in [0.2, 0.25) is 6.04 Å². The second-order valence-corrected chi connectivity index (χ2v) is 8.01. The molecule has 0 bridgehead atoms. The Morgan fingerprint density at radius 1 is 1.16 bits per heavy atom. The van der Waals surface area contributed by atoms with Crippen molar-refractivity contribution in [2.24, 2.45) is 0 Å². The Labute approximate surface area is 182 Å². The van der Waals surface area contributed by atoms with Crippen LogP contribution < -0.4 is 4.90 Å². The molecule has 0 aromatic heterocycles. The number of nitrogens with zero attached hydrogens (tertiary/aromatic N) is 5. The van der Waals surface area contributed by atoms with E-state index in [2.05, 4.69) is 0 Å².